The molecular formula is C8H9Cl2NO. The second kappa shape index (κ2) is 4.10. The second-order valence-corrected chi connectivity index (χ2v) is 3.26. The van der Waals surface area contributed by atoms with Crippen LogP contribution in [0.3, 0.4) is 0 Å². The van der Waals surface area contributed by atoms with Gasteiger partial charge >= 0.3 is 0 Å². The van der Waals surface area contributed by atoms with Gasteiger partial charge in [0.1, 0.15) is 0 Å². The highest BCUT2D eigenvalue weighted by Gasteiger charge is 2.09. The highest BCUT2D eigenvalue weighted by Crippen LogP contribution is 2.25. The van der Waals surface area contributed by atoms with Crippen molar-refractivity contribution in [2.24, 2.45) is 5.73 Å². The van der Waals surface area contributed by atoms with E-state index in [1.807, 2.05) is 0 Å². The van der Waals surface area contributed by atoms with Gasteiger partial charge in [-0.3, -0.25) is 0 Å². The number of benzene rings is 1. The van der Waals surface area contributed by atoms with Gasteiger partial charge in [0.2, 0.25) is 0 Å². The predicted molar refractivity (Wildman–Crippen MR) is 50.5 cm³/mol. The molecule has 0 amide bonds. The van der Waals surface area contributed by atoms with Crippen molar-refractivity contribution in [2.45, 2.75) is 6.10 Å². The predicted octanol–water partition coefficient (Wildman–Crippen LogP) is 1.99. The van der Waals surface area contributed by atoms with Crippen molar-refractivity contribution < 1.29 is 5.11 Å². The molecule has 0 aliphatic carbocycles. The highest BCUT2D eigenvalue weighted by atomic mass is 35.5. The second-order valence-electron chi connectivity index (χ2n) is 2.42. The standard InChI is InChI=1S/C8H9Cl2NO/c9-5-1-2-6(7(10)3-5)8(12)4-11/h1-3,8,12H,4,11H2/t8-/m1/s1. The van der Waals surface area contributed by atoms with Crippen molar-refractivity contribution in [1.82, 2.24) is 0 Å². The van der Waals surface area contributed by atoms with Gasteiger partial charge in [0, 0.05) is 22.2 Å². The third-order valence-corrected chi connectivity index (χ3v) is 2.11. The van der Waals surface area contributed by atoms with E-state index in [9.17, 15) is 5.11 Å². The summed E-state index contributed by atoms with van der Waals surface area (Å²) in [6.45, 7) is 0.154. The largest absolute Gasteiger partial charge is 0.387 e. The van der Waals surface area contributed by atoms with Crippen molar-refractivity contribution in [3.05, 3.63) is 33.8 Å². The maximum Gasteiger partial charge on any atom is 0.0926 e. The Morgan fingerprint density at radius 1 is 1.42 bits per heavy atom. The summed E-state index contributed by atoms with van der Waals surface area (Å²) < 4.78 is 0. The van der Waals surface area contributed by atoms with Crippen molar-refractivity contribution in [1.29, 1.82) is 0 Å². The van der Waals surface area contributed by atoms with Gasteiger partial charge in [0.05, 0.1) is 6.10 Å². The first-order chi connectivity index (χ1) is 5.65. The molecular weight excluding hydrogens is 197 g/mol. The summed E-state index contributed by atoms with van der Waals surface area (Å²) in [6, 6.07) is 4.92. The van der Waals surface area contributed by atoms with Gasteiger partial charge in [0.25, 0.3) is 0 Å². The summed E-state index contributed by atoms with van der Waals surface area (Å²) in [5, 5.41) is 10.3. The Morgan fingerprint density at radius 3 is 2.58 bits per heavy atom. The molecule has 0 aromatic heterocycles. The fourth-order valence-electron chi connectivity index (χ4n) is 0.899. The van der Waals surface area contributed by atoms with E-state index in [0.29, 0.717) is 15.6 Å². The van der Waals surface area contributed by atoms with Crippen LogP contribution in [0.1, 0.15) is 11.7 Å². The van der Waals surface area contributed by atoms with Crippen LogP contribution in [0.2, 0.25) is 10.0 Å². The Bertz CT molecular complexity index is 278. The summed E-state index contributed by atoms with van der Waals surface area (Å²) >= 11 is 11.5. The summed E-state index contributed by atoms with van der Waals surface area (Å²) in [7, 11) is 0. The minimum absolute atomic E-state index is 0.154. The van der Waals surface area contributed by atoms with E-state index in [1.165, 1.54) is 0 Å². The van der Waals surface area contributed by atoms with E-state index in [4.69, 9.17) is 28.9 Å². The lowest BCUT2D eigenvalue weighted by Crippen LogP contribution is -2.11. The molecule has 12 heavy (non-hydrogen) atoms. The van der Waals surface area contributed by atoms with Crippen molar-refractivity contribution >= 4 is 23.2 Å². The van der Waals surface area contributed by atoms with Gasteiger partial charge in [-0.2, -0.15) is 0 Å². The van der Waals surface area contributed by atoms with Crippen LogP contribution in [0.4, 0.5) is 0 Å². The number of hydrogen-bond acceptors (Lipinski definition) is 2. The van der Waals surface area contributed by atoms with Crippen molar-refractivity contribution in [2.75, 3.05) is 6.54 Å². The van der Waals surface area contributed by atoms with E-state index in [1.54, 1.807) is 18.2 Å². The van der Waals surface area contributed by atoms with Crippen LogP contribution in [0.15, 0.2) is 18.2 Å². The lowest BCUT2D eigenvalue weighted by atomic mass is 10.1. The van der Waals surface area contributed by atoms with Crippen LogP contribution in [-0.4, -0.2) is 11.7 Å². The molecule has 1 aromatic carbocycles. The number of hydrogen-bond donors (Lipinski definition) is 2. The molecule has 0 saturated carbocycles. The number of nitrogens with two attached hydrogens (primary N) is 1. The maximum absolute atomic E-state index is 9.35. The van der Waals surface area contributed by atoms with Crippen LogP contribution >= 0.6 is 23.2 Å². The molecule has 0 bridgehead atoms. The Kier molecular flexibility index (Phi) is 3.35. The Morgan fingerprint density at radius 2 is 2.08 bits per heavy atom. The third-order valence-electron chi connectivity index (χ3n) is 1.54. The van der Waals surface area contributed by atoms with Gasteiger partial charge in [0.15, 0.2) is 0 Å². The SMILES string of the molecule is NC[C@@H](O)c1ccc(Cl)cc1Cl. The first kappa shape index (κ1) is 9.81. The van der Waals surface area contributed by atoms with E-state index in [-0.39, 0.29) is 6.54 Å². The molecule has 4 heteroatoms. The zero-order chi connectivity index (χ0) is 9.14. The summed E-state index contributed by atoms with van der Waals surface area (Å²) in [5.74, 6) is 0. The van der Waals surface area contributed by atoms with Crippen LogP contribution in [-0.2, 0) is 0 Å². The Labute approximate surface area is 80.9 Å². The zero-order valence-electron chi connectivity index (χ0n) is 6.30. The maximum atomic E-state index is 9.35. The topological polar surface area (TPSA) is 46.2 Å². The lowest BCUT2D eigenvalue weighted by Gasteiger charge is -2.09. The number of halogens is 2. The van der Waals surface area contributed by atoms with Crippen LogP contribution < -0.4 is 5.73 Å². The first-order valence-electron chi connectivity index (χ1n) is 3.48. The lowest BCUT2D eigenvalue weighted by molar-refractivity contribution is 0.187. The fraction of sp³-hybridized carbons (Fsp3) is 0.250. The van der Waals surface area contributed by atoms with Gasteiger partial charge in [-0.1, -0.05) is 29.3 Å². The summed E-state index contributed by atoms with van der Waals surface area (Å²) in [4.78, 5) is 0. The molecule has 1 aromatic rings. The molecule has 0 heterocycles. The zero-order valence-corrected chi connectivity index (χ0v) is 7.81. The minimum atomic E-state index is -0.713. The van der Waals surface area contributed by atoms with Crippen LogP contribution in [0.25, 0.3) is 0 Å². The fourth-order valence-corrected chi connectivity index (χ4v) is 1.43. The molecule has 1 rings (SSSR count). The quantitative estimate of drug-likeness (QED) is 0.777. The minimum Gasteiger partial charge on any atom is -0.387 e. The highest BCUT2D eigenvalue weighted by molar-refractivity contribution is 6.35. The van der Waals surface area contributed by atoms with E-state index in [0.717, 1.165) is 0 Å². The molecule has 0 aliphatic rings. The van der Waals surface area contributed by atoms with Crippen molar-refractivity contribution in [3.63, 3.8) is 0 Å². The molecule has 66 valence electrons. The Balaban J connectivity index is 3.01. The van der Waals surface area contributed by atoms with Gasteiger partial charge < -0.3 is 10.8 Å². The van der Waals surface area contributed by atoms with E-state index >= 15 is 0 Å². The molecule has 2 nitrogen and oxygen atoms in total. The molecule has 3 N–H and O–H groups in total. The Hall–Kier alpha value is -0.280. The third kappa shape index (κ3) is 2.11. The number of aliphatic hydroxyl groups is 1. The average Bonchev–Trinajstić information content (AvgIpc) is 2.03. The average molecular weight is 206 g/mol. The molecule has 0 fully saturated rings. The van der Waals surface area contributed by atoms with Gasteiger partial charge in [-0.05, 0) is 12.1 Å². The molecule has 0 unspecified atom stereocenters. The first-order valence-corrected chi connectivity index (χ1v) is 4.24. The smallest absolute Gasteiger partial charge is 0.0926 e. The number of aliphatic hydroxyl groups excluding tert-OH is 1. The molecule has 0 radical (unpaired) electrons. The molecule has 0 saturated heterocycles. The monoisotopic (exact) mass is 205 g/mol. The van der Waals surface area contributed by atoms with Crippen LogP contribution in [0.5, 0.6) is 0 Å². The number of rotatable bonds is 2. The molecule has 0 aliphatic heterocycles. The van der Waals surface area contributed by atoms with Crippen molar-refractivity contribution in [3.8, 4) is 0 Å². The van der Waals surface area contributed by atoms with E-state index < -0.39 is 6.10 Å². The molecule has 1 atom stereocenters. The summed E-state index contributed by atoms with van der Waals surface area (Å²) in [6.07, 6.45) is -0.713. The van der Waals surface area contributed by atoms with Gasteiger partial charge in [-0.15, -0.1) is 0 Å². The molecule has 0 spiro atoms. The normalized spacial score (nSPS) is 13.0. The van der Waals surface area contributed by atoms with E-state index in [2.05, 4.69) is 0 Å². The summed E-state index contributed by atoms with van der Waals surface area (Å²) in [5.41, 5.74) is 5.88. The van der Waals surface area contributed by atoms with Crippen LogP contribution in [0, 0.1) is 0 Å². The van der Waals surface area contributed by atoms with Gasteiger partial charge in [-0.25, -0.2) is 0 Å².